The summed E-state index contributed by atoms with van der Waals surface area (Å²) in [5, 5.41) is 4.61. The molecule has 2 heterocycles. The summed E-state index contributed by atoms with van der Waals surface area (Å²) in [7, 11) is 0. The van der Waals surface area contributed by atoms with Crippen LogP contribution in [0.1, 0.15) is 42.6 Å². The predicted molar refractivity (Wildman–Crippen MR) is 95.2 cm³/mol. The molecule has 130 valence electrons. The lowest BCUT2D eigenvalue weighted by Crippen LogP contribution is -2.31. The average molecular weight is 337 g/mol. The van der Waals surface area contributed by atoms with Gasteiger partial charge >= 0.3 is 0 Å². The largest absolute Gasteiger partial charge is 0.274 e. The van der Waals surface area contributed by atoms with E-state index in [1.165, 1.54) is 4.90 Å². The van der Waals surface area contributed by atoms with E-state index in [-0.39, 0.29) is 23.7 Å². The standard InChI is InChI=1S/C20H23N3O2/c1-13-18(14(2)22(21-13)12-15-8-4-3-5-9-15)23-19(24)16-10-6-7-11-17(16)20(23)25/h3-5,8-9,16-17H,6-7,10-12H2,1-2H3/t16-,17-/m0/s1. The number of benzene rings is 1. The first-order valence-electron chi connectivity index (χ1n) is 9.03. The molecule has 1 aromatic carbocycles. The van der Waals surface area contributed by atoms with Gasteiger partial charge in [-0.25, -0.2) is 4.90 Å². The first-order valence-corrected chi connectivity index (χ1v) is 9.03. The molecule has 2 amide bonds. The third kappa shape index (κ3) is 2.58. The van der Waals surface area contributed by atoms with Gasteiger partial charge in [-0.05, 0) is 32.3 Å². The Morgan fingerprint density at radius 3 is 2.20 bits per heavy atom. The zero-order valence-electron chi connectivity index (χ0n) is 14.7. The molecule has 1 aromatic heterocycles. The highest BCUT2D eigenvalue weighted by Gasteiger charge is 2.49. The van der Waals surface area contributed by atoms with E-state index in [9.17, 15) is 9.59 Å². The maximum Gasteiger partial charge on any atom is 0.237 e. The summed E-state index contributed by atoms with van der Waals surface area (Å²) >= 11 is 0. The van der Waals surface area contributed by atoms with Gasteiger partial charge in [-0.2, -0.15) is 5.10 Å². The van der Waals surface area contributed by atoms with Crippen LogP contribution in [0, 0.1) is 25.7 Å². The number of hydrogen-bond acceptors (Lipinski definition) is 3. The van der Waals surface area contributed by atoms with Gasteiger partial charge in [-0.1, -0.05) is 43.2 Å². The molecular weight excluding hydrogens is 314 g/mol. The van der Waals surface area contributed by atoms with E-state index in [1.807, 2.05) is 36.7 Å². The van der Waals surface area contributed by atoms with Crippen LogP contribution in [-0.4, -0.2) is 21.6 Å². The second kappa shape index (κ2) is 6.14. The van der Waals surface area contributed by atoms with E-state index < -0.39 is 0 Å². The first-order chi connectivity index (χ1) is 12.1. The van der Waals surface area contributed by atoms with Gasteiger partial charge in [-0.3, -0.25) is 14.3 Å². The molecule has 1 saturated carbocycles. The van der Waals surface area contributed by atoms with Gasteiger partial charge < -0.3 is 0 Å². The quantitative estimate of drug-likeness (QED) is 0.808. The summed E-state index contributed by atoms with van der Waals surface area (Å²) in [6.07, 6.45) is 3.75. The maximum absolute atomic E-state index is 12.9. The second-order valence-corrected chi connectivity index (χ2v) is 7.17. The Bertz CT molecular complexity index is 801. The summed E-state index contributed by atoms with van der Waals surface area (Å²) in [5.74, 6) is -0.310. The Labute approximate surface area is 147 Å². The predicted octanol–water partition coefficient (Wildman–Crippen LogP) is 3.23. The van der Waals surface area contributed by atoms with Crippen LogP contribution in [0.15, 0.2) is 30.3 Å². The summed E-state index contributed by atoms with van der Waals surface area (Å²) in [6.45, 7) is 4.46. The monoisotopic (exact) mass is 337 g/mol. The van der Waals surface area contributed by atoms with Gasteiger partial charge in [0.05, 0.1) is 35.5 Å². The Morgan fingerprint density at radius 1 is 1.00 bits per heavy atom. The Kier molecular flexibility index (Phi) is 3.94. The van der Waals surface area contributed by atoms with Crippen LogP contribution in [0.25, 0.3) is 0 Å². The van der Waals surface area contributed by atoms with Crippen molar-refractivity contribution in [3.05, 3.63) is 47.3 Å². The number of nitrogens with zero attached hydrogens (tertiary/aromatic N) is 3. The molecule has 1 saturated heterocycles. The fraction of sp³-hybridized carbons (Fsp3) is 0.450. The summed E-state index contributed by atoms with van der Waals surface area (Å²) in [5.41, 5.74) is 3.46. The minimum Gasteiger partial charge on any atom is -0.274 e. The second-order valence-electron chi connectivity index (χ2n) is 7.17. The normalized spacial score (nSPS) is 23.2. The summed E-state index contributed by atoms with van der Waals surface area (Å²) in [4.78, 5) is 27.2. The van der Waals surface area contributed by atoms with Crippen molar-refractivity contribution in [3.63, 3.8) is 0 Å². The molecule has 5 heteroatoms. The Hall–Kier alpha value is -2.43. The molecule has 1 aliphatic carbocycles. The van der Waals surface area contributed by atoms with Crippen LogP contribution in [-0.2, 0) is 16.1 Å². The van der Waals surface area contributed by atoms with Gasteiger partial charge in [0.25, 0.3) is 0 Å². The number of fused-ring (bicyclic) bond motifs is 1. The minimum atomic E-state index is -0.127. The number of hydrogen-bond donors (Lipinski definition) is 0. The molecule has 0 spiro atoms. The molecule has 0 unspecified atom stereocenters. The van der Waals surface area contributed by atoms with Gasteiger partial charge in [0.15, 0.2) is 0 Å². The molecule has 2 aliphatic rings. The molecule has 2 atom stereocenters. The van der Waals surface area contributed by atoms with Crippen LogP contribution in [0.4, 0.5) is 5.69 Å². The zero-order chi connectivity index (χ0) is 17.6. The van der Waals surface area contributed by atoms with Crippen molar-refractivity contribution in [2.45, 2.75) is 46.1 Å². The fourth-order valence-corrected chi connectivity index (χ4v) is 4.30. The van der Waals surface area contributed by atoms with Crippen molar-refractivity contribution >= 4 is 17.5 Å². The van der Waals surface area contributed by atoms with Crippen molar-refractivity contribution in [2.75, 3.05) is 4.90 Å². The highest BCUT2D eigenvalue weighted by molar-refractivity contribution is 6.22. The number of aryl methyl sites for hydroxylation is 1. The van der Waals surface area contributed by atoms with Gasteiger partial charge in [0, 0.05) is 0 Å². The Balaban J connectivity index is 1.69. The van der Waals surface area contributed by atoms with Gasteiger partial charge in [-0.15, -0.1) is 0 Å². The first kappa shape index (κ1) is 16.1. The average Bonchev–Trinajstić information content (AvgIpc) is 3.03. The molecule has 1 aliphatic heterocycles. The number of aromatic nitrogens is 2. The van der Waals surface area contributed by atoms with Crippen LogP contribution >= 0.6 is 0 Å². The van der Waals surface area contributed by atoms with Crippen molar-refractivity contribution in [1.29, 1.82) is 0 Å². The summed E-state index contributed by atoms with van der Waals surface area (Å²) < 4.78 is 1.89. The van der Waals surface area contributed by atoms with Crippen molar-refractivity contribution in [3.8, 4) is 0 Å². The maximum atomic E-state index is 12.9. The van der Waals surface area contributed by atoms with E-state index in [1.54, 1.807) is 0 Å². The van der Waals surface area contributed by atoms with E-state index in [0.717, 1.165) is 42.6 Å². The number of rotatable bonds is 3. The molecule has 5 nitrogen and oxygen atoms in total. The smallest absolute Gasteiger partial charge is 0.237 e. The minimum absolute atomic E-state index is 0.0276. The fourth-order valence-electron chi connectivity index (χ4n) is 4.30. The van der Waals surface area contributed by atoms with E-state index in [2.05, 4.69) is 17.2 Å². The molecule has 4 rings (SSSR count). The lowest BCUT2D eigenvalue weighted by atomic mass is 9.81. The molecule has 0 radical (unpaired) electrons. The van der Waals surface area contributed by atoms with Crippen LogP contribution in [0.5, 0.6) is 0 Å². The van der Waals surface area contributed by atoms with E-state index in [0.29, 0.717) is 12.2 Å². The topological polar surface area (TPSA) is 55.2 Å². The molecular formula is C20H23N3O2. The third-order valence-electron chi connectivity index (χ3n) is 5.58. The number of carbonyl (C=O) groups is 2. The van der Waals surface area contributed by atoms with Crippen molar-refractivity contribution < 1.29 is 9.59 Å². The zero-order valence-corrected chi connectivity index (χ0v) is 14.7. The third-order valence-corrected chi connectivity index (χ3v) is 5.58. The summed E-state index contributed by atoms with van der Waals surface area (Å²) in [6, 6.07) is 10.1. The van der Waals surface area contributed by atoms with Crippen LogP contribution < -0.4 is 4.90 Å². The van der Waals surface area contributed by atoms with Crippen LogP contribution in [0.2, 0.25) is 0 Å². The number of anilines is 1. The SMILES string of the molecule is Cc1nn(Cc2ccccc2)c(C)c1N1C(=O)[C@H]2CCCC[C@@H]2C1=O. The van der Waals surface area contributed by atoms with Gasteiger partial charge in [0.2, 0.25) is 11.8 Å². The van der Waals surface area contributed by atoms with Crippen molar-refractivity contribution in [1.82, 2.24) is 9.78 Å². The number of carbonyl (C=O) groups excluding carboxylic acids is 2. The highest BCUT2D eigenvalue weighted by atomic mass is 16.2. The number of imide groups is 1. The van der Waals surface area contributed by atoms with Gasteiger partial charge in [0.1, 0.15) is 0 Å². The lowest BCUT2D eigenvalue weighted by Gasteiger charge is -2.19. The molecule has 2 fully saturated rings. The molecule has 2 aromatic rings. The molecule has 0 N–H and O–H groups in total. The Morgan fingerprint density at radius 2 is 1.60 bits per heavy atom. The van der Waals surface area contributed by atoms with Crippen LogP contribution in [0.3, 0.4) is 0 Å². The van der Waals surface area contributed by atoms with E-state index >= 15 is 0 Å². The number of amides is 2. The van der Waals surface area contributed by atoms with E-state index in [4.69, 9.17) is 0 Å². The molecule has 25 heavy (non-hydrogen) atoms. The highest BCUT2D eigenvalue weighted by Crippen LogP contribution is 2.41. The lowest BCUT2D eigenvalue weighted by molar-refractivity contribution is -0.122. The molecule has 0 bridgehead atoms. The van der Waals surface area contributed by atoms with Crippen molar-refractivity contribution in [2.24, 2.45) is 11.8 Å².